The Balaban J connectivity index is 1.77. The van der Waals surface area contributed by atoms with E-state index in [0.29, 0.717) is 50.2 Å². The van der Waals surface area contributed by atoms with Crippen molar-refractivity contribution >= 4 is 11.8 Å². The molecule has 1 aromatic carbocycles. The predicted molar refractivity (Wildman–Crippen MR) is 112 cm³/mol. The van der Waals surface area contributed by atoms with Gasteiger partial charge in [-0.1, -0.05) is 18.6 Å². The summed E-state index contributed by atoms with van der Waals surface area (Å²) in [5.41, 5.74) is 0.159. The Bertz CT molecular complexity index is 792. The molecule has 32 heavy (non-hydrogen) atoms. The van der Waals surface area contributed by atoms with Crippen LogP contribution in [0.1, 0.15) is 55.3 Å². The molecular weight excluding hydrogens is 425 g/mol. The van der Waals surface area contributed by atoms with Crippen LogP contribution < -0.4 is 4.74 Å². The zero-order valence-corrected chi connectivity index (χ0v) is 18.2. The lowest BCUT2D eigenvalue weighted by atomic mass is 9.75. The van der Waals surface area contributed by atoms with Crippen LogP contribution in [0.25, 0.3) is 0 Å². The molecule has 0 spiro atoms. The Hall–Kier alpha value is -2.29. The largest absolute Gasteiger partial charge is 0.491 e. The van der Waals surface area contributed by atoms with Crippen LogP contribution in [0.5, 0.6) is 5.75 Å². The molecule has 1 aromatic rings. The van der Waals surface area contributed by atoms with Crippen LogP contribution in [-0.4, -0.2) is 72.3 Å². The van der Waals surface area contributed by atoms with Gasteiger partial charge in [-0.05, 0) is 43.2 Å². The van der Waals surface area contributed by atoms with Gasteiger partial charge in [0.25, 0.3) is 5.91 Å². The summed E-state index contributed by atoms with van der Waals surface area (Å²) in [5.74, 6) is -0.294. The third-order valence-corrected chi connectivity index (χ3v) is 6.54. The molecule has 0 atom stereocenters. The second-order valence-corrected chi connectivity index (χ2v) is 8.75. The Morgan fingerprint density at radius 1 is 1.06 bits per heavy atom. The number of piperidine rings is 1. The van der Waals surface area contributed by atoms with E-state index in [1.54, 1.807) is 29.2 Å². The van der Waals surface area contributed by atoms with Crippen LogP contribution in [-0.2, 0) is 4.79 Å². The fourth-order valence-corrected chi connectivity index (χ4v) is 4.45. The average molecular weight is 457 g/mol. The molecule has 1 fully saturated rings. The smallest absolute Gasteiger partial charge is 0.389 e. The van der Waals surface area contributed by atoms with E-state index in [-0.39, 0.29) is 31.1 Å². The molecule has 1 N–H and O–H groups in total. The van der Waals surface area contributed by atoms with Crippen molar-refractivity contribution in [2.75, 3.05) is 39.4 Å². The van der Waals surface area contributed by atoms with E-state index in [9.17, 15) is 27.9 Å². The number of rotatable bonds is 3. The molecule has 2 amide bonds. The molecule has 0 unspecified atom stereocenters. The highest BCUT2D eigenvalue weighted by molar-refractivity contribution is 5.97. The molecule has 4 rings (SSSR count). The first kappa shape index (κ1) is 24.4. The summed E-state index contributed by atoms with van der Waals surface area (Å²) < 4.78 is 43.6. The van der Waals surface area contributed by atoms with E-state index in [1.807, 2.05) is 0 Å². The molecule has 3 aliphatic heterocycles. The highest BCUT2D eigenvalue weighted by atomic mass is 19.4. The summed E-state index contributed by atoms with van der Waals surface area (Å²) in [6.45, 7) is 1.71. The number of fused-ring (bicyclic) bond motifs is 9. The van der Waals surface area contributed by atoms with Gasteiger partial charge in [-0.15, -0.1) is 0 Å². The number of carbonyl (C=O) groups excluding carboxylic acids is 2. The zero-order chi connectivity index (χ0) is 23.2. The van der Waals surface area contributed by atoms with Crippen LogP contribution in [0.4, 0.5) is 13.2 Å². The molecule has 3 aliphatic rings. The van der Waals surface area contributed by atoms with Crippen LogP contribution in [0.3, 0.4) is 0 Å². The summed E-state index contributed by atoms with van der Waals surface area (Å²) in [7, 11) is 0. The molecule has 1 saturated heterocycles. The van der Waals surface area contributed by atoms with Gasteiger partial charge in [-0.3, -0.25) is 9.59 Å². The molecule has 6 nitrogen and oxygen atoms in total. The van der Waals surface area contributed by atoms with E-state index in [1.165, 1.54) is 4.90 Å². The lowest BCUT2D eigenvalue weighted by Crippen LogP contribution is -2.44. The molecule has 0 saturated carbocycles. The van der Waals surface area contributed by atoms with E-state index in [0.717, 1.165) is 12.8 Å². The van der Waals surface area contributed by atoms with Gasteiger partial charge in [-0.25, -0.2) is 0 Å². The summed E-state index contributed by atoms with van der Waals surface area (Å²) in [6.07, 6.45) is -2.61. The quantitative estimate of drug-likeness (QED) is 0.754. The molecule has 0 aliphatic carbocycles. The van der Waals surface area contributed by atoms with Crippen molar-refractivity contribution in [1.82, 2.24) is 9.80 Å². The van der Waals surface area contributed by atoms with Crippen molar-refractivity contribution in [3.8, 4) is 5.75 Å². The van der Waals surface area contributed by atoms with Crippen LogP contribution in [0, 0.1) is 5.41 Å². The molecule has 178 valence electrons. The minimum absolute atomic E-state index is 0.0307. The second kappa shape index (κ2) is 10.6. The number of hydrogen-bond acceptors (Lipinski definition) is 4. The van der Waals surface area contributed by atoms with Gasteiger partial charge in [0.05, 0.1) is 18.5 Å². The van der Waals surface area contributed by atoms with Gasteiger partial charge >= 0.3 is 6.18 Å². The third kappa shape index (κ3) is 6.37. The molecule has 9 heteroatoms. The molecule has 0 aromatic heterocycles. The Labute approximate surface area is 186 Å². The maximum absolute atomic E-state index is 13.1. The van der Waals surface area contributed by atoms with Crippen molar-refractivity contribution in [1.29, 1.82) is 0 Å². The molecule has 3 heterocycles. The van der Waals surface area contributed by atoms with Gasteiger partial charge in [0, 0.05) is 32.7 Å². The summed E-state index contributed by atoms with van der Waals surface area (Å²) in [5, 5.41) is 10.0. The number of aliphatic hydroxyl groups excluding tert-OH is 1. The highest BCUT2D eigenvalue weighted by Crippen LogP contribution is 2.37. The van der Waals surface area contributed by atoms with E-state index in [2.05, 4.69) is 0 Å². The SMILES string of the molecule is O=C(CCC(F)(F)F)N1CCCCC2(CO)CCN(CC2)C(=O)c2ccccc2OCC1. The minimum atomic E-state index is -4.38. The zero-order valence-electron chi connectivity index (χ0n) is 18.2. The summed E-state index contributed by atoms with van der Waals surface area (Å²) >= 11 is 0. The normalized spacial score (nSPS) is 20.2. The summed E-state index contributed by atoms with van der Waals surface area (Å²) in [6, 6.07) is 6.88. The maximum Gasteiger partial charge on any atom is 0.389 e. The Morgan fingerprint density at radius 3 is 2.47 bits per heavy atom. The fourth-order valence-electron chi connectivity index (χ4n) is 4.45. The third-order valence-electron chi connectivity index (χ3n) is 6.54. The van der Waals surface area contributed by atoms with Crippen molar-refractivity contribution in [3.05, 3.63) is 29.8 Å². The standard InChI is InChI=1S/C23H31F3N2O4/c24-23(25,26)9-7-20(30)27-12-4-3-8-22(17-29)10-13-28(14-11-22)21(31)18-5-1-2-6-19(18)32-16-15-27/h1-2,5-6,29H,3-4,7-17H2. The number of halogens is 3. The molecule has 2 bridgehead atoms. The number of aliphatic hydroxyl groups is 1. The summed E-state index contributed by atoms with van der Waals surface area (Å²) in [4.78, 5) is 28.7. The average Bonchev–Trinajstić information content (AvgIpc) is 2.79. The van der Waals surface area contributed by atoms with Gasteiger partial charge < -0.3 is 19.6 Å². The highest BCUT2D eigenvalue weighted by Gasteiger charge is 2.36. The number of nitrogens with zero attached hydrogens (tertiary/aromatic N) is 2. The number of para-hydroxylation sites is 1. The lowest BCUT2D eigenvalue weighted by molar-refractivity contribution is -0.149. The number of ether oxygens (including phenoxy) is 1. The van der Waals surface area contributed by atoms with Gasteiger partial charge in [0.15, 0.2) is 0 Å². The van der Waals surface area contributed by atoms with Gasteiger partial charge in [-0.2, -0.15) is 13.2 Å². The monoisotopic (exact) mass is 456 g/mol. The number of amides is 2. The number of hydrogen-bond donors (Lipinski definition) is 1. The number of carbonyl (C=O) groups is 2. The Morgan fingerprint density at radius 2 is 1.78 bits per heavy atom. The maximum atomic E-state index is 13.1. The van der Waals surface area contributed by atoms with Gasteiger partial charge in [0.2, 0.25) is 5.91 Å². The van der Waals surface area contributed by atoms with E-state index >= 15 is 0 Å². The van der Waals surface area contributed by atoms with E-state index < -0.39 is 24.9 Å². The van der Waals surface area contributed by atoms with Gasteiger partial charge in [0.1, 0.15) is 12.4 Å². The van der Waals surface area contributed by atoms with E-state index in [4.69, 9.17) is 4.74 Å². The second-order valence-electron chi connectivity index (χ2n) is 8.75. The Kier molecular flexibility index (Phi) is 8.03. The van der Waals surface area contributed by atoms with Crippen LogP contribution >= 0.6 is 0 Å². The minimum Gasteiger partial charge on any atom is -0.491 e. The van der Waals surface area contributed by atoms with Crippen LogP contribution in [0.2, 0.25) is 0 Å². The number of alkyl halides is 3. The van der Waals surface area contributed by atoms with Crippen molar-refractivity contribution in [2.24, 2.45) is 5.41 Å². The van der Waals surface area contributed by atoms with Crippen LogP contribution in [0.15, 0.2) is 24.3 Å². The van der Waals surface area contributed by atoms with Crippen molar-refractivity contribution in [2.45, 2.75) is 51.1 Å². The first-order chi connectivity index (χ1) is 15.2. The van der Waals surface area contributed by atoms with Crippen molar-refractivity contribution in [3.63, 3.8) is 0 Å². The first-order valence-electron chi connectivity index (χ1n) is 11.2. The first-order valence-corrected chi connectivity index (χ1v) is 11.2. The fraction of sp³-hybridized carbons (Fsp3) is 0.652. The topological polar surface area (TPSA) is 70.1 Å². The number of benzene rings is 1. The predicted octanol–water partition coefficient (Wildman–Crippen LogP) is 3.64. The lowest BCUT2D eigenvalue weighted by Gasteiger charge is -2.41. The van der Waals surface area contributed by atoms with Crippen molar-refractivity contribution < 1.29 is 32.6 Å². The molecule has 0 radical (unpaired) electrons. The molecular formula is C23H31F3N2O4.